The highest BCUT2D eigenvalue weighted by Crippen LogP contribution is 2.17. The van der Waals surface area contributed by atoms with Gasteiger partial charge in [-0.15, -0.1) is 0 Å². The van der Waals surface area contributed by atoms with Crippen LogP contribution in [0.1, 0.15) is 62.0 Å². The average Bonchev–Trinajstić information content (AvgIpc) is 3.40. The predicted octanol–water partition coefficient (Wildman–Crippen LogP) is 2.40. The van der Waals surface area contributed by atoms with Gasteiger partial charge in [0.1, 0.15) is 18.0 Å². The second kappa shape index (κ2) is 11.0. The molecule has 0 amide bonds. The van der Waals surface area contributed by atoms with E-state index in [-0.39, 0.29) is 36.7 Å². The molecule has 0 bridgehead atoms. The number of carbonyl (C=O) groups is 2. The molecular formula is C23H30N4O7. The van der Waals surface area contributed by atoms with Gasteiger partial charge in [0.2, 0.25) is 0 Å². The first-order valence-corrected chi connectivity index (χ1v) is 11.3. The van der Waals surface area contributed by atoms with Gasteiger partial charge in [0.25, 0.3) is 5.56 Å². The topological polar surface area (TPSA) is 138 Å². The van der Waals surface area contributed by atoms with Crippen LogP contribution in [0.4, 0.5) is 0 Å². The molecule has 3 heterocycles. The van der Waals surface area contributed by atoms with Crippen LogP contribution < -0.4 is 11.2 Å². The minimum Gasteiger partial charge on any atom is -0.465 e. The van der Waals surface area contributed by atoms with Crippen LogP contribution in [0.3, 0.4) is 0 Å². The zero-order valence-electron chi connectivity index (χ0n) is 19.9. The molecule has 0 aliphatic rings. The number of methoxy groups -OCH3 is 1. The van der Waals surface area contributed by atoms with E-state index in [9.17, 15) is 19.2 Å². The molecule has 0 aliphatic carbocycles. The maximum atomic E-state index is 12.7. The summed E-state index contributed by atoms with van der Waals surface area (Å²) in [6.07, 6.45) is 3.17. The first-order chi connectivity index (χ1) is 16.3. The van der Waals surface area contributed by atoms with Crippen molar-refractivity contribution in [2.75, 3.05) is 7.11 Å². The van der Waals surface area contributed by atoms with Crippen LogP contribution >= 0.6 is 0 Å². The molecule has 0 radical (unpaired) electrons. The molecule has 184 valence electrons. The molecular weight excluding hydrogens is 444 g/mol. The van der Waals surface area contributed by atoms with E-state index in [1.54, 1.807) is 4.57 Å². The second-order valence-electron chi connectivity index (χ2n) is 8.38. The fraction of sp³-hybridized carbons (Fsp3) is 0.522. The highest BCUT2D eigenvalue weighted by atomic mass is 16.5. The third-order valence-electron chi connectivity index (χ3n) is 5.32. The van der Waals surface area contributed by atoms with E-state index < -0.39 is 23.2 Å². The van der Waals surface area contributed by atoms with Gasteiger partial charge in [-0.2, -0.15) is 0 Å². The summed E-state index contributed by atoms with van der Waals surface area (Å²) in [6, 6.07) is 1.44. The average molecular weight is 475 g/mol. The number of esters is 2. The SMILES string of the molecule is CCCCn1c(=O)[nH]c(=O)c2c1nc(CCC(=O)OCc1occc1C(=O)OC)n2CC(C)C. The van der Waals surface area contributed by atoms with Crippen LogP contribution in [0.5, 0.6) is 0 Å². The maximum Gasteiger partial charge on any atom is 0.341 e. The number of rotatable bonds is 11. The highest BCUT2D eigenvalue weighted by Gasteiger charge is 2.21. The van der Waals surface area contributed by atoms with Crippen molar-refractivity contribution in [2.45, 2.75) is 66.2 Å². The number of carbonyl (C=O) groups excluding carboxylic acids is 2. The fourth-order valence-electron chi connectivity index (χ4n) is 3.67. The van der Waals surface area contributed by atoms with Crippen molar-refractivity contribution in [3.05, 3.63) is 50.3 Å². The molecule has 11 nitrogen and oxygen atoms in total. The summed E-state index contributed by atoms with van der Waals surface area (Å²) in [6.45, 7) is 6.76. The molecule has 11 heteroatoms. The number of fused-ring (bicyclic) bond motifs is 1. The summed E-state index contributed by atoms with van der Waals surface area (Å²) < 4.78 is 18.4. The van der Waals surface area contributed by atoms with Gasteiger partial charge in [-0.3, -0.25) is 19.1 Å². The number of aromatic amines is 1. The highest BCUT2D eigenvalue weighted by molar-refractivity contribution is 5.90. The van der Waals surface area contributed by atoms with Gasteiger partial charge in [-0.25, -0.2) is 14.6 Å². The Hall–Kier alpha value is -3.63. The first-order valence-electron chi connectivity index (χ1n) is 11.3. The van der Waals surface area contributed by atoms with Crippen LogP contribution in [0.25, 0.3) is 11.2 Å². The quantitative estimate of drug-likeness (QED) is 0.418. The van der Waals surface area contributed by atoms with Crippen molar-refractivity contribution in [1.29, 1.82) is 0 Å². The number of ether oxygens (including phenoxy) is 2. The Bertz CT molecular complexity index is 1280. The van der Waals surface area contributed by atoms with Gasteiger partial charge in [0.05, 0.1) is 19.8 Å². The van der Waals surface area contributed by atoms with E-state index in [0.29, 0.717) is 30.1 Å². The Balaban J connectivity index is 1.82. The van der Waals surface area contributed by atoms with Gasteiger partial charge in [0, 0.05) is 19.5 Å². The summed E-state index contributed by atoms with van der Waals surface area (Å²) in [5.41, 5.74) is -0.150. The van der Waals surface area contributed by atoms with Gasteiger partial charge in [-0.1, -0.05) is 27.2 Å². The van der Waals surface area contributed by atoms with Gasteiger partial charge < -0.3 is 18.5 Å². The Morgan fingerprint density at radius 3 is 2.68 bits per heavy atom. The molecule has 0 aliphatic heterocycles. The van der Waals surface area contributed by atoms with Crippen LogP contribution in [0.2, 0.25) is 0 Å². The standard InChI is InChI=1S/C23H30N4O7/c1-5-6-10-26-20-19(21(29)25-23(26)31)27(12-14(2)3)17(24-20)7-8-18(28)34-13-16-15(9-11-33-16)22(30)32-4/h9,11,14H,5-8,10,12-13H2,1-4H3,(H,25,29,31). The van der Waals surface area contributed by atoms with Crippen molar-refractivity contribution in [1.82, 2.24) is 19.1 Å². The molecule has 0 aromatic carbocycles. The second-order valence-corrected chi connectivity index (χ2v) is 8.38. The van der Waals surface area contributed by atoms with Crippen LogP contribution in [-0.4, -0.2) is 38.2 Å². The molecule has 0 saturated carbocycles. The molecule has 3 rings (SSSR count). The van der Waals surface area contributed by atoms with Crippen molar-refractivity contribution < 1.29 is 23.5 Å². The lowest BCUT2D eigenvalue weighted by atomic mass is 10.2. The number of aromatic nitrogens is 4. The summed E-state index contributed by atoms with van der Waals surface area (Å²) in [4.78, 5) is 56.2. The number of nitrogens with zero attached hydrogens (tertiary/aromatic N) is 3. The van der Waals surface area contributed by atoms with Crippen LogP contribution in [-0.2, 0) is 40.4 Å². The van der Waals surface area contributed by atoms with E-state index in [4.69, 9.17) is 9.15 Å². The molecule has 0 fully saturated rings. The largest absolute Gasteiger partial charge is 0.465 e. The number of unbranched alkanes of at least 4 members (excludes halogenated alkanes) is 1. The molecule has 0 atom stereocenters. The molecule has 3 aromatic rings. The zero-order chi connectivity index (χ0) is 24.8. The van der Waals surface area contributed by atoms with E-state index in [2.05, 4.69) is 14.7 Å². The Kier molecular flexibility index (Phi) is 8.08. The molecule has 1 N–H and O–H groups in total. The summed E-state index contributed by atoms with van der Waals surface area (Å²) in [5, 5.41) is 0. The summed E-state index contributed by atoms with van der Waals surface area (Å²) in [7, 11) is 1.25. The molecule has 34 heavy (non-hydrogen) atoms. The smallest absolute Gasteiger partial charge is 0.341 e. The lowest BCUT2D eigenvalue weighted by molar-refractivity contribution is -0.145. The number of imidazole rings is 1. The fourth-order valence-corrected chi connectivity index (χ4v) is 3.67. The van der Waals surface area contributed by atoms with Crippen molar-refractivity contribution in [2.24, 2.45) is 5.92 Å². The minimum absolute atomic E-state index is 0.00716. The third kappa shape index (κ3) is 5.46. The molecule has 0 unspecified atom stereocenters. The number of H-pyrrole nitrogens is 1. The van der Waals surface area contributed by atoms with Crippen LogP contribution in [0.15, 0.2) is 26.3 Å². The number of aryl methyl sites for hydroxylation is 2. The summed E-state index contributed by atoms with van der Waals surface area (Å²) >= 11 is 0. The van der Waals surface area contributed by atoms with E-state index >= 15 is 0 Å². The Morgan fingerprint density at radius 2 is 2.00 bits per heavy atom. The third-order valence-corrected chi connectivity index (χ3v) is 5.32. The number of furan rings is 1. The zero-order valence-corrected chi connectivity index (χ0v) is 19.9. The van der Waals surface area contributed by atoms with Crippen molar-refractivity contribution in [3.8, 4) is 0 Å². The van der Waals surface area contributed by atoms with E-state index in [1.807, 2.05) is 20.8 Å². The maximum absolute atomic E-state index is 12.7. The summed E-state index contributed by atoms with van der Waals surface area (Å²) in [5.74, 6) is -0.183. The van der Waals surface area contributed by atoms with Crippen molar-refractivity contribution >= 4 is 23.1 Å². The number of nitrogens with one attached hydrogen (secondary N) is 1. The van der Waals surface area contributed by atoms with E-state index in [1.165, 1.54) is 24.0 Å². The van der Waals surface area contributed by atoms with E-state index in [0.717, 1.165) is 12.8 Å². The monoisotopic (exact) mass is 474 g/mol. The lowest BCUT2D eigenvalue weighted by Gasteiger charge is -2.11. The lowest BCUT2D eigenvalue weighted by Crippen LogP contribution is -2.31. The van der Waals surface area contributed by atoms with Gasteiger partial charge >= 0.3 is 17.6 Å². The number of hydrogen-bond donors (Lipinski definition) is 1. The van der Waals surface area contributed by atoms with Crippen LogP contribution in [0, 0.1) is 5.92 Å². The molecule has 0 saturated heterocycles. The first kappa shape index (κ1) is 25.0. The van der Waals surface area contributed by atoms with Gasteiger partial charge in [0.15, 0.2) is 16.9 Å². The van der Waals surface area contributed by atoms with Gasteiger partial charge in [-0.05, 0) is 18.4 Å². The molecule has 0 spiro atoms. The Morgan fingerprint density at radius 1 is 1.24 bits per heavy atom. The molecule has 3 aromatic heterocycles. The minimum atomic E-state index is -0.582. The Labute approximate surface area is 195 Å². The number of hydrogen-bond acceptors (Lipinski definition) is 8. The predicted molar refractivity (Wildman–Crippen MR) is 123 cm³/mol. The normalized spacial score (nSPS) is 11.3. The van der Waals surface area contributed by atoms with Crippen molar-refractivity contribution in [3.63, 3.8) is 0 Å².